The van der Waals surface area contributed by atoms with E-state index in [1.165, 1.54) is 25.3 Å². The molecule has 0 saturated carbocycles. The highest BCUT2D eigenvalue weighted by molar-refractivity contribution is 6.12. The Morgan fingerprint density at radius 2 is 2.03 bits per heavy atom. The number of rotatable bonds is 6. The van der Waals surface area contributed by atoms with E-state index in [0.29, 0.717) is 29.8 Å². The van der Waals surface area contributed by atoms with Gasteiger partial charge in [-0.1, -0.05) is 26.0 Å². The first-order valence-electron chi connectivity index (χ1n) is 10.5. The van der Waals surface area contributed by atoms with Gasteiger partial charge in [-0.25, -0.2) is 4.79 Å². The molecule has 1 heterocycles. The molecule has 9 nitrogen and oxygen atoms in total. The van der Waals surface area contributed by atoms with Gasteiger partial charge in [0.15, 0.2) is 5.78 Å². The fourth-order valence-corrected chi connectivity index (χ4v) is 4.37. The maximum atomic E-state index is 13.6. The molecule has 3 rings (SSSR count). The van der Waals surface area contributed by atoms with Gasteiger partial charge >= 0.3 is 11.9 Å². The Morgan fingerprint density at radius 3 is 2.66 bits per heavy atom. The van der Waals surface area contributed by atoms with Gasteiger partial charge in [-0.15, -0.1) is 0 Å². The van der Waals surface area contributed by atoms with Crippen molar-refractivity contribution >= 4 is 23.4 Å². The minimum atomic E-state index is -1.02. The number of nitro groups is 1. The van der Waals surface area contributed by atoms with E-state index in [9.17, 15) is 24.5 Å². The van der Waals surface area contributed by atoms with Crippen molar-refractivity contribution in [2.24, 2.45) is 11.8 Å². The number of benzene rings is 1. The Kier molecular flexibility index (Phi) is 6.76. The Hall–Kier alpha value is -3.49. The van der Waals surface area contributed by atoms with Gasteiger partial charge in [0.1, 0.15) is 5.92 Å². The van der Waals surface area contributed by atoms with Gasteiger partial charge in [0, 0.05) is 35.0 Å². The molecule has 3 atom stereocenters. The normalized spacial score (nSPS) is 22.8. The third-order valence-corrected chi connectivity index (χ3v) is 5.81. The van der Waals surface area contributed by atoms with Gasteiger partial charge in [-0.05, 0) is 31.2 Å². The summed E-state index contributed by atoms with van der Waals surface area (Å²) in [5.74, 6) is -3.94. The summed E-state index contributed by atoms with van der Waals surface area (Å²) >= 11 is 0. The summed E-state index contributed by atoms with van der Waals surface area (Å²) in [6.45, 7) is 5.55. The highest BCUT2D eigenvalue weighted by atomic mass is 16.6. The van der Waals surface area contributed by atoms with Crippen LogP contribution in [0.4, 0.5) is 5.69 Å². The lowest BCUT2D eigenvalue weighted by Gasteiger charge is -2.38. The van der Waals surface area contributed by atoms with E-state index in [2.05, 4.69) is 5.32 Å². The molecular formula is C23H26N2O7. The van der Waals surface area contributed by atoms with Crippen molar-refractivity contribution in [1.29, 1.82) is 0 Å². The summed E-state index contributed by atoms with van der Waals surface area (Å²) in [6.07, 6.45) is 1.00. The Balaban J connectivity index is 2.20. The monoisotopic (exact) mass is 442 g/mol. The van der Waals surface area contributed by atoms with Crippen LogP contribution in [0.3, 0.4) is 0 Å². The van der Waals surface area contributed by atoms with Crippen molar-refractivity contribution in [2.45, 2.75) is 39.5 Å². The molecule has 0 saturated heterocycles. The highest BCUT2D eigenvalue weighted by Gasteiger charge is 2.47. The second kappa shape index (κ2) is 9.33. The molecule has 0 spiro atoms. The lowest BCUT2D eigenvalue weighted by molar-refractivity contribution is -0.384. The van der Waals surface area contributed by atoms with Gasteiger partial charge in [0.25, 0.3) is 5.69 Å². The van der Waals surface area contributed by atoms with Gasteiger partial charge in [0.2, 0.25) is 0 Å². The van der Waals surface area contributed by atoms with Crippen LogP contribution in [0, 0.1) is 22.0 Å². The predicted molar refractivity (Wildman–Crippen MR) is 114 cm³/mol. The summed E-state index contributed by atoms with van der Waals surface area (Å²) in [5.41, 5.74) is 1.80. The predicted octanol–water partition coefficient (Wildman–Crippen LogP) is 3.16. The zero-order chi connectivity index (χ0) is 23.6. The van der Waals surface area contributed by atoms with Crippen LogP contribution in [0.15, 0.2) is 46.8 Å². The second-order valence-electron chi connectivity index (χ2n) is 8.02. The summed E-state index contributed by atoms with van der Waals surface area (Å²) in [6, 6.07) is 5.83. The van der Waals surface area contributed by atoms with Gasteiger partial charge in [-0.3, -0.25) is 19.7 Å². The molecule has 1 aromatic rings. The van der Waals surface area contributed by atoms with Crippen LogP contribution in [0.1, 0.15) is 45.1 Å². The summed E-state index contributed by atoms with van der Waals surface area (Å²) in [4.78, 5) is 49.8. The van der Waals surface area contributed by atoms with Crippen LogP contribution in [0.2, 0.25) is 0 Å². The number of esters is 2. The fraction of sp³-hybridized carbons (Fsp3) is 0.435. The molecule has 1 aromatic carbocycles. The first-order chi connectivity index (χ1) is 15.2. The summed E-state index contributed by atoms with van der Waals surface area (Å²) in [7, 11) is 1.22. The van der Waals surface area contributed by atoms with E-state index >= 15 is 0 Å². The molecule has 32 heavy (non-hydrogen) atoms. The fourth-order valence-electron chi connectivity index (χ4n) is 4.37. The largest absolute Gasteiger partial charge is 0.468 e. The first kappa shape index (κ1) is 23.2. The minimum absolute atomic E-state index is 0.164. The van der Waals surface area contributed by atoms with E-state index in [-0.39, 0.29) is 29.4 Å². The zero-order valence-electron chi connectivity index (χ0n) is 18.5. The van der Waals surface area contributed by atoms with Crippen molar-refractivity contribution in [1.82, 2.24) is 5.32 Å². The quantitative estimate of drug-likeness (QED) is 0.308. The van der Waals surface area contributed by atoms with Crippen LogP contribution < -0.4 is 5.32 Å². The smallest absolute Gasteiger partial charge is 0.336 e. The minimum Gasteiger partial charge on any atom is -0.468 e. The topological polar surface area (TPSA) is 125 Å². The van der Waals surface area contributed by atoms with E-state index in [0.717, 1.165) is 0 Å². The molecule has 1 aliphatic carbocycles. The van der Waals surface area contributed by atoms with Crippen LogP contribution >= 0.6 is 0 Å². The Morgan fingerprint density at radius 1 is 1.31 bits per heavy atom. The molecule has 0 fully saturated rings. The van der Waals surface area contributed by atoms with Crippen LogP contribution in [0.5, 0.6) is 0 Å². The number of nitrogens with one attached hydrogen (secondary N) is 1. The van der Waals surface area contributed by atoms with Crippen LogP contribution in [0.25, 0.3) is 0 Å². The molecule has 2 aliphatic rings. The molecule has 0 amide bonds. The van der Waals surface area contributed by atoms with E-state index in [1.54, 1.807) is 19.9 Å². The average molecular weight is 442 g/mol. The maximum Gasteiger partial charge on any atom is 0.336 e. The SMILES string of the molecule is CCCOC(=O)C1=C(C)NC2=C(C(=O)[C@H](C(=O)OC)[C@H](C)C2)[C@H]1c1cccc([N+](=O)[O-])c1. The van der Waals surface area contributed by atoms with E-state index < -0.39 is 34.5 Å². The number of carbonyl (C=O) groups excluding carboxylic acids is 3. The van der Waals surface area contributed by atoms with Gasteiger partial charge in [0.05, 0.1) is 24.2 Å². The van der Waals surface area contributed by atoms with E-state index in [4.69, 9.17) is 9.47 Å². The molecule has 0 aromatic heterocycles. The number of carbonyl (C=O) groups is 3. The zero-order valence-corrected chi connectivity index (χ0v) is 18.5. The first-order valence-corrected chi connectivity index (χ1v) is 10.5. The number of hydrogen-bond donors (Lipinski definition) is 1. The number of hydrogen-bond acceptors (Lipinski definition) is 8. The van der Waals surface area contributed by atoms with E-state index in [1.807, 2.05) is 6.92 Å². The Labute approximate surface area is 185 Å². The van der Waals surface area contributed by atoms with Crippen molar-refractivity contribution in [3.8, 4) is 0 Å². The number of non-ortho nitro benzene ring substituents is 1. The van der Waals surface area contributed by atoms with Crippen molar-refractivity contribution in [2.75, 3.05) is 13.7 Å². The summed E-state index contributed by atoms with van der Waals surface area (Å²) in [5, 5.41) is 14.5. The molecule has 9 heteroatoms. The molecule has 0 unspecified atom stereocenters. The Bertz CT molecular complexity index is 1040. The number of dihydropyridines is 1. The number of Topliss-reactive ketones (excluding diaryl/α,β-unsaturated/α-hetero) is 1. The van der Waals surface area contributed by atoms with Crippen molar-refractivity contribution in [3.05, 3.63) is 62.5 Å². The van der Waals surface area contributed by atoms with Crippen molar-refractivity contribution < 1.29 is 28.8 Å². The standard InChI is InChI=1S/C23H26N2O7/c1-5-9-32-23(28)18-13(3)24-16-10-12(2)17(22(27)31-4)21(26)20(16)19(18)14-7-6-8-15(11-14)25(29)30/h6-8,11-12,17,19,24H,5,9-10H2,1-4H3/t12-,17-,19+/m1/s1. The van der Waals surface area contributed by atoms with Crippen molar-refractivity contribution in [3.63, 3.8) is 0 Å². The molecule has 0 bridgehead atoms. The number of nitro benzene ring substituents is 1. The van der Waals surface area contributed by atoms with Gasteiger partial charge in [-0.2, -0.15) is 0 Å². The number of nitrogens with zero attached hydrogens (tertiary/aromatic N) is 1. The number of ether oxygens (including phenoxy) is 2. The third-order valence-electron chi connectivity index (χ3n) is 5.81. The number of allylic oxidation sites excluding steroid dienone is 3. The van der Waals surface area contributed by atoms with Crippen LogP contribution in [-0.4, -0.2) is 36.4 Å². The lowest BCUT2D eigenvalue weighted by Crippen LogP contribution is -2.43. The average Bonchev–Trinajstić information content (AvgIpc) is 2.76. The number of ketones is 1. The number of methoxy groups -OCH3 is 1. The van der Waals surface area contributed by atoms with Gasteiger partial charge < -0.3 is 14.8 Å². The molecule has 1 N–H and O–H groups in total. The molecule has 0 radical (unpaired) electrons. The van der Waals surface area contributed by atoms with Crippen LogP contribution in [-0.2, 0) is 23.9 Å². The lowest BCUT2D eigenvalue weighted by atomic mass is 9.69. The second-order valence-corrected chi connectivity index (χ2v) is 8.02. The summed E-state index contributed by atoms with van der Waals surface area (Å²) < 4.78 is 10.2. The molecular weight excluding hydrogens is 416 g/mol. The maximum absolute atomic E-state index is 13.6. The molecule has 170 valence electrons. The third kappa shape index (κ3) is 4.15. The highest BCUT2D eigenvalue weighted by Crippen LogP contribution is 2.45. The molecule has 1 aliphatic heterocycles.